The maximum atomic E-state index is 13.7. The molecule has 2 N–H and O–H groups in total. The predicted molar refractivity (Wildman–Crippen MR) is 86.6 cm³/mol. The smallest absolute Gasteiger partial charge is 0.240 e. The average molecular weight is 334 g/mol. The number of halogens is 1. The molecule has 0 aliphatic heterocycles. The predicted octanol–water partition coefficient (Wildman–Crippen LogP) is 2.36. The lowest BCUT2D eigenvalue weighted by molar-refractivity contribution is 0.574. The van der Waals surface area contributed by atoms with Crippen molar-refractivity contribution in [3.05, 3.63) is 29.6 Å². The second kappa shape index (κ2) is 9.40. The van der Waals surface area contributed by atoms with E-state index in [1.807, 2.05) is 13.2 Å². The molecule has 0 bridgehead atoms. The van der Waals surface area contributed by atoms with Crippen LogP contribution in [0.15, 0.2) is 23.1 Å². The molecule has 0 saturated heterocycles. The van der Waals surface area contributed by atoms with Gasteiger partial charge in [0.15, 0.2) is 0 Å². The van der Waals surface area contributed by atoms with Crippen molar-refractivity contribution in [2.45, 2.75) is 31.2 Å². The standard InChI is InChI=1S/C14H23FN2O2S2/c1-3-7-16-11-12-10-13(5-6-14(12)15)21(18,19)17-8-4-9-20-2/h5-6,10,16-17H,3-4,7-9,11H2,1-2H3. The zero-order valence-corrected chi connectivity index (χ0v) is 14.1. The van der Waals surface area contributed by atoms with Crippen molar-refractivity contribution < 1.29 is 12.8 Å². The van der Waals surface area contributed by atoms with E-state index in [0.29, 0.717) is 18.7 Å². The van der Waals surface area contributed by atoms with Crippen LogP contribution in [0.25, 0.3) is 0 Å². The van der Waals surface area contributed by atoms with Gasteiger partial charge >= 0.3 is 0 Å². The Hall–Kier alpha value is -0.630. The van der Waals surface area contributed by atoms with Crippen LogP contribution in [0.4, 0.5) is 4.39 Å². The van der Waals surface area contributed by atoms with Crippen molar-refractivity contribution in [3.63, 3.8) is 0 Å². The third-order valence-electron chi connectivity index (χ3n) is 2.89. The molecule has 1 aromatic rings. The highest BCUT2D eigenvalue weighted by Crippen LogP contribution is 2.15. The zero-order valence-electron chi connectivity index (χ0n) is 12.5. The van der Waals surface area contributed by atoms with Gasteiger partial charge in [0.25, 0.3) is 0 Å². The van der Waals surface area contributed by atoms with E-state index in [9.17, 15) is 12.8 Å². The number of rotatable bonds is 10. The highest BCUT2D eigenvalue weighted by Gasteiger charge is 2.15. The lowest BCUT2D eigenvalue weighted by Crippen LogP contribution is -2.25. The molecule has 0 spiro atoms. The van der Waals surface area contributed by atoms with Gasteiger partial charge in [-0.05, 0) is 49.6 Å². The molecule has 1 aromatic carbocycles. The number of benzene rings is 1. The monoisotopic (exact) mass is 334 g/mol. The van der Waals surface area contributed by atoms with Gasteiger partial charge in [-0.1, -0.05) is 6.92 Å². The van der Waals surface area contributed by atoms with Crippen molar-refractivity contribution in [2.75, 3.05) is 25.1 Å². The summed E-state index contributed by atoms with van der Waals surface area (Å²) in [6, 6.07) is 3.91. The van der Waals surface area contributed by atoms with Gasteiger partial charge in [0.05, 0.1) is 4.90 Å². The number of thioether (sulfide) groups is 1. The molecule has 0 aliphatic carbocycles. The van der Waals surface area contributed by atoms with Crippen LogP contribution in [0.3, 0.4) is 0 Å². The summed E-state index contributed by atoms with van der Waals surface area (Å²) in [4.78, 5) is 0.112. The summed E-state index contributed by atoms with van der Waals surface area (Å²) in [5.74, 6) is 0.512. The van der Waals surface area contributed by atoms with Crippen molar-refractivity contribution in [1.29, 1.82) is 0 Å². The zero-order chi connectivity index (χ0) is 15.7. The number of sulfonamides is 1. The van der Waals surface area contributed by atoms with Crippen LogP contribution < -0.4 is 10.0 Å². The van der Waals surface area contributed by atoms with Gasteiger partial charge in [-0.3, -0.25) is 0 Å². The minimum atomic E-state index is -3.56. The summed E-state index contributed by atoms with van der Waals surface area (Å²) in [5, 5.41) is 3.07. The fourth-order valence-corrected chi connectivity index (χ4v) is 3.32. The Morgan fingerprint density at radius 3 is 2.71 bits per heavy atom. The Morgan fingerprint density at radius 1 is 1.29 bits per heavy atom. The first-order valence-corrected chi connectivity index (χ1v) is 9.86. The molecule has 21 heavy (non-hydrogen) atoms. The summed E-state index contributed by atoms with van der Waals surface area (Å²) in [6.45, 7) is 3.51. The van der Waals surface area contributed by atoms with Gasteiger partial charge in [0.1, 0.15) is 5.82 Å². The van der Waals surface area contributed by atoms with Crippen LogP contribution in [-0.2, 0) is 16.6 Å². The van der Waals surface area contributed by atoms with Crippen LogP contribution in [0.5, 0.6) is 0 Å². The highest BCUT2D eigenvalue weighted by atomic mass is 32.2. The molecule has 0 amide bonds. The molecule has 0 saturated carbocycles. The maximum absolute atomic E-state index is 13.7. The third-order valence-corrected chi connectivity index (χ3v) is 5.04. The molecular formula is C14H23FN2O2S2. The summed E-state index contributed by atoms with van der Waals surface area (Å²) >= 11 is 1.67. The quantitative estimate of drug-likeness (QED) is 0.645. The van der Waals surface area contributed by atoms with E-state index in [1.54, 1.807) is 11.8 Å². The minimum absolute atomic E-state index is 0.112. The Bertz CT molecular complexity index is 536. The average Bonchev–Trinajstić information content (AvgIpc) is 2.45. The van der Waals surface area contributed by atoms with E-state index < -0.39 is 10.0 Å². The number of nitrogens with one attached hydrogen (secondary N) is 2. The lowest BCUT2D eigenvalue weighted by Gasteiger charge is -2.10. The molecule has 0 heterocycles. The molecule has 0 atom stereocenters. The summed E-state index contributed by atoms with van der Waals surface area (Å²) in [7, 11) is -3.56. The minimum Gasteiger partial charge on any atom is -0.313 e. The van der Waals surface area contributed by atoms with Crippen LogP contribution in [0.1, 0.15) is 25.3 Å². The second-order valence-electron chi connectivity index (χ2n) is 4.67. The Labute approximate surface area is 131 Å². The molecule has 0 aliphatic rings. The van der Waals surface area contributed by atoms with Crippen LogP contribution >= 0.6 is 11.8 Å². The maximum Gasteiger partial charge on any atom is 0.240 e. The van der Waals surface area contributed by atoms with Crippen LogP contribution in [0, 0.1) is 5.82 Å². The Kier molecular flexibility index (Phi) is 8.24. The van der Waals surface area contributed by atoms with Gasteiger partial charge in [-0.25, -0.2) is 17.5 Å². The van der Waals surface area contributed by atoms with Crippen molar-refractivity contribution in [1.82, 2.24) is 10.0 Å². The van der Waals surface area contributed by atoms with Crippen LogP contribution in [0.2, 0.25) is 0 Å². The van der Waals surface area contributed by atoms with Crippen molar-refractivity contribution in [2.24, 2.45) is 0 Å². The summed E-state index contributed by atoms with van der Waals surface area (Å²) < 4.78 is 40.5. The van der Waals surface area contributed by atoms with E-state index in [-0.39, 0.29) is 10.7 Å². The van der Waals surface area contributed by atoms with Crippen LogP contribution in [-0.4, -0.2) is 33.5 Å². The van der Waals surface area contributed by atoms with Crippen molar-refractivity contribution >= 4 is 21.8 Å². The van der Waals surface area contributed by atoms with E-state index in [4.69, 9.17) is 0 Å². The first-order chi connectivity index (χ1) is 10.0. The molecular weight excluding hydrogens is 311 g/mol. The second-order valence-corrected chi connectivity index (χ2v) is 7.43. The largest absolute Gasteiger partial charge is 0.313 e. The Morgan fingerprint density at radius 2 is 2.05 bits per heavy atom. The molecule has 0 aromatic heterocycles. The van der Waals surface area contributed by atoms with Gasteiger partial charge in [-0.2, -0.15) is 11.8 Å². The highest BCUT2D eigenvalue weighted by molar-refractivity contribution is 7.98. The topological polar surface area (TPSA) is 58.2 Å². The third kappa shape index (κ3) is 6.34. The van der Waals surface area contributed by atoms with E-state index in [0.717, 1.165) is 25.1 Å². The molecule has 7 heteroatoms. The molecule has 0 radical (unpaired) electrons. The van der Waals surface area contributed by atoms with Gasteiger partial charge in [0, 0.05) is 18.7 Å². The molecule has 0 fully saturated rings. The normalized spacial score (nSPS) is 11.8. The summed E-state index contributed by atoms with van der Waals surface area (Å²) in [6.07, 6.45) is 3.69. The van der Waals surface area contributed by atoms with Gasteiger partial charge in [0.2, 0.25) is 10.0 Å². The first-order valence-electron chi connectivity index (χ1n) is 6.99. The SMILES string of the molecule is CCCNCc1cc(S(=O)(=O)NCCCSC)ccc1F. The summed E-state index contributed by atoms with van der Waals surface area (Å²) in [5.41, 5.74) is 0.371. The molecule has 4 nitrogen and oxygen atoms in total. The molecule has 0 unspecified atom stereocenters. The first kappa shape index (κ1) is 18.4. The molecule has 1 rings (SSSR count). The van der Waals surface area contributed by atoms with Crippen molar-refractivity contribution in [3.8, 4) is 0 Å². The fraction of sp³-hybridized carbons (Fsp3) is 0.571. The Balaban J connectivity index is 2.75. The van der Waals surface area contributed by atoms with E-state index >= 15 is 0 Å². The lowest BCUT2D eigenvalue weighted by atomic mass is 10.2. The molecule has 120 valence electrons. The van der Waals surface area contributed by atoms with E-state index in [2.05, 4.69) is 10.0 Å². The number of hydrogen-bond donors (Lipinski definition) is 2. The fourth-order valence-electron chi connectivity index (χ4n) is 1.76. The van der Waals surface area contributed by atoms with Gasteiger partial charge in [-0.15, -0.1) is 0 Å². The van der Waals surface area contributed by atoms with Gasteiger partial charge < -0.3 is 5.32 Å². The van der Waals surface area contributed by atoms with E-state index in [1.165, 1.54) is 18.2 Å². The number of hydrogen-bond acceptors (Lipinski definition) is 4.